The average Bonchev–Trinajstić information content (AvgIpc) is 3.63. The highest BCUT2D eigenvalue weighted by atomic mass is 16.5. The Morgan fingerprint density at radius 3 is 2.35 bits per heavy atom. The van der Waals surface area contributed by atoms with Crippen molar-refractivity contribution < 1.29 is 9.53 Å². The lowest BCUT2D eigenvalue weighted by Crippen LogP contribution is -2.35. The Bertz CT molecular complexity index is 1010. The molecule has 5 rings (SSSR count). The second kappa shape index (κ2) is 9.00. The van der Waals surface area contributed by atoms with E-state index in [2.05, 4.69) is 51.6 Å². The molecule has 1 aliphatic heterocycles. The van der Waals surface area contributed by atoms with E-state index >= 15 is 0 Å². The Balaban J connectivity index is 1.17. The fraction of sp³-hybridized carbons (Fsp3) is 0.308. The molecule has 1 aromatic heterocycles. The maximum atomic E-state index is 12.6. The van der Waals surface area contributed by atoms with Gasteiger partial charge in [-0.2, -0.15) is 0 Å². The third kappa shape index (κ3) is 4.84. The molecule has 1 saturated carbocycles. The van der Waals surface area contributed by atoms with Crippen LogP contribution in [0.1, 0.15) is 23.6 Å². The van der Waals surface area contributed by atoms with E-state index in [1.54, 1.807) is 6.20 Å². The molecular weight excluding hydrogens is 386 g/mol. The number of nitrogens with one attached hydrogen (secondary N) is 1. The molecule has 2 atom stereocenters. The third-order valence-corrected chi connectivity index (χ3v) is 6.14. The van der Waals surface area contributed by atoms with Crippen molar-refractivity contribution in [1.82, 2.24) is 9.88 Å². The number of hydrogen-bond acceptors (Lipinski definition) is 4. The van der Waals surface area contributed by atoms with Gasteiger partial charge in [0, 0.05) is 49.0 Å². The minimum Gasteiger partial charge on any atom is -0.379 e. The molecule has 5 heteroatoms. The van der Waals surface area contributed by atoms with Gasteiger partial charge in [-0.05, 0) is 47.4 Å². The number of anilines is 1. The fourth-order valence-electron chi connectivity index (χ4n) is 4.21. The van der Waals surface area contributed by atoms with Crippen LogP contribution in [0.15, 0.2) is 72.9 Å². The van der Waals surface area contributed by atoms with Crippen LogP contribution in [0.25, 0.3) is 11.1 Å². The largest absolute Gasteiger partial charge is 0.379 e. The van der Waals surface area contributed by atoms with E-state index < -0.39 is 0 Å². The quantitative estimate of drug-likeness (QED) is 0.654. The lowest BCUT2D eigenvalue weighted by molar-refractivity contribution is -0.117. The zero-order valence-corrected chi connectivity index (χ0v) is 17.5. The van der Waals surface area contributed by atoms with Gasteiger partial charge in [-0.1, -0.05) is 42.5 Å². The number of nitrogens with zero attached hydrogens (tertiary/aromatic N) is 2. The topological polar surface area (TPSA) is 54.5 Å². The summed E-state index contributed by atoms with van der Waals surface area (Å²) in [6, 6.07) is 22.7. The molecule has 2 fully saturated rings. The van der Waals surface area contributed by atoms with Crippen LogP contribution >= 0.6 is 0 Å². The van der Waals surface area contributed by atoms with Gasteiger partial charge in [0.1, 0.15) is 0 Å². The van der Waals surface area contributed by atoms with Gasteiger partial charge in [0.25, 0.3) is 0 Å². The van der Waals surface area contributed by atoms with Crippen LogP contribution in [-0.4, -0.2) is 42.1 Å². The molecule has 1 aliphatic carbocycles. The third-order valence-electron chi connectivity index (χ3n) is 6.14. The van der Waals surface area contributed by atoms with E-state index in [1.807, 2.05) is 30.3 Å². The molecule has 1 N–H and O–H groups in total. The van der Waals surface area contributed by atoms with E-state index in [1.165, 1.54) is 11.1 Å². The highest BCUT2D eigenvalue weighted by molar-refractivity contribution is 5.95. The summed E-state index contributed by atoms with van der Waals surface area (Å²) in [6.07, 6.45) is 2.66. The van der Waals surface area contributed by atoms with Crippen LogP contribution in [0.4, 0.5) is 5.69 Å². The molecule has 2 aliphatic rings. The number of pyridine rings is 1. The zero-order valence-electron chi connectivity index (χ0n) is 17.5. The Hall–Kier alpha value is -3.02. The molecule has 3 aromatic rings. The molecule has 0 unspecified atom stereocenters. The molecule has 1 saturated heterocycles. The van der Waals surface area contributed by atoms with Crippen molar-refractivity contribution in [2.45, 2.75) is 18.9 Å². The van der Waals surface area contributed by atoms with Crippen molar-refractivity contribution in [2.24, 2.45) is 5.92 Å². The number of carbonyl (C=O) groups is 1. The highest BCUT2D eigenvalue weighted by Crippen LogP contribution is 2.47. The van der Waals surface area contributed by atoms with Crippen molar-refractivity contribution in [2.75, 3.05) is 31.6 Å². The summed E-state index contributed by atoms with van der Waals surface area (Å²) in [4.78, 5) is 19.4. The average molecular weight is 414 g/mol. The number of hydrogen-bond donors (Lipinski definition) is 1. The predicted octanol–water partition coefficient (Wildman–Crippen LogP) is 4.32. The molecule has 0 spiro atoms. The molecule has 158 valence electrons. The summed E-state index contributed by atoms with van der Waals surface area (Å²) < 4.78 is 5.42. The van der Waals surface area contributed by atoms with Crippen LogP contribution in [0.2, 0.25) is 0 Å². The molecule has 2 aromatic carbocycles. The lowest BCUT2D eigenvalue weighted by Gasteiger charge is -2.26. The summed E-state index contributed by atoms with van der Waals surface area (Å²) in [5, 5.41) is 3.05. The molecule has 0 radical (unpaired) electrons. The van der Waals surface area contributed by atoms with E-state index in [0.29, 0.717) is 0 Å². The van der Waals surface area contributed by atoms with Crippen molar-refractivity contribution in [1.29, 1.82) is 0 Å². The van der Waals surface area contributed by atoms with E-state index in [9.17, 15) is 4.79 Å². The number of rotatable bonds is 6. The Labute approximate surface area is 183 Å². The summed E-state index contributed by atoms with van der Waals surface area (Å²) in [6.45, 7) is 4.61. The van der Waals surface area contributed by atoms with E-state index in [4.69, 9.17) is 4.74 Å². The summed E-state index contributed by atoms with van der Waals surface area (Å²) >= 11 is 0. The first-order valence-corrected chi connectivity index (χ1v) is 11.0. The second-order valence-electron chi connectivity index (χ2n) is 8.36. The van der Waals surface area contributed by atoms with Gasteiger partial charge < -0.3 is 10.1 Å². The van der Waals surface area contributed by atoms with Crippen molar-refractivity contribution in [3.05, 3.63) is 84.2 Å². The van der Waals surface area contributed by atoms with Gasteiger partial charge in [0.2, 0.25) is 5.91 Å². The van der Waals surface area contributed by atoms with Crippen molar-refractivity contribution >= 4 is 11.6 Å². The van der Waals surface area contributed by atoms with Crippen molar-refractivity contribution in [3.63, 3.8) is 0 Å². The summed E-state index contributed by atoms with van der Waals surface area (Å²) in [5.74, 6) is 0.348. The minimum atomic E-state index is 0.0218. The molecule has 2 heterocycles. The predicted molar refractivity (Wildman–Crippen MR) is 122 cm³/mol. The molecule has 1 amide bonds. The van der Waals surface area contributed by atoms with Gasteiger partial charge >= 0.3 is 0 Å². The summed E-state index contributed by atoms with van der Waals surface area (Å²) in [5.41, 5.74) is 5.50. The first kappa shape index (κ1) is 19.9. The maximum Gasteiger partial charge on any atom is 0.228 e. The molecule has 31 heavy (non-hydrogen) atoms. The van der Waals surface area contributed by atoms with Gasteiger partial charge in [-0.3, -0.25) is 14.7 Å². The first-order chi connectivity index (χ1) is 15.3. The number of carbonyl (C=O) groups excluding carboxylic acids is 1. The van der Waals surface area contributed by atoms with Crippen LogP contribution in [-0.2, 0) is 16.1 Å². The Morgan fingerprint density at radius 2 is 1.68 bits per heavy atom. The van der Waals surface area contributed by atoms with E-state index in [-0.39, 0.29) is 17.7 Å². The first-order valence-electron chi connectivity index (χ1n) is 11.0. The number of morpholine rings is 1. The zero-order chi connectivity index (χ0) is 21.0. The van der Waals surface area contributed by atoms with Gasteiger partial charge in [0.15, 0.2) is 0 Å². The number of benzene rings is 2. The van der Waals surface area contributed by atoms with Crippen molar-refractivity contribution in [3.8, 4) is 11.1 Å². The maximum absolute atomic E-state index is 12.6. The van der Waals surface area contributed by atoms with Gasteiger partial charge in [-0.25, -0.2) is 0 Å². The Morgan fingerprint density at radius 1 is 0.968 bits per heavy atom. The van der Waals surface area contributed by atoms with Crippen LogP contribution in [0, 0.1) is 5.92 Å². The smallest absolute Gasteiger partial charge is 0.228 e. The molecular formula is C26H27N3O2. The number of ether oxygens (including phenoxy) is 1. The standard InChI is InChI=1S/C26H27N3O2/c30-26(24-17-23(24)25-3-1-2-12-27-25)28-22-10-8-21(9-11-22)20-6-4-19(5-7-20)18-29-13-15-31-16-14-29/h1-12,23-24H,13-18H2,(H,28,30)/t23-,24-/m1/s1. The molecule has 0 bridgehead atoms. The summed E-state index contributed by atoms with van der Waals surface area (Å²) in [7, 11) is 0. The monoisotopic (exact) mass is 413 g/mol. The van der Waals surface area contributed by atoms with Crippen LogP contribution < -0.4 is 5.32 Å². The molecule has 5 nitrogen and oxygen atoms in total. The van der Waals surface area contributed by atoms with Gasteiger partial charge in [-0.15, -0.1) is 0 Å². The minimum absolute atomic E-state index is 0.0218. The SMILES string of the molecule is O=C(Nc1ccc(-c2ccc(CN3CCOCC3)cc2)cc1)[C@@H]1C[C@H]1c1ccccn1. The second-order valence-corrected chi connectivity index (χ2v) is 8.36. The van der Waals surface area contributed by atoms with E-state index in [0.717, 1.165) is 56.2 Å². The number of amides is 1. The van der Waals surface area contributed by atoms with Crippen LogP contribution in [0.3, 0.4) is 0 Å². The fourth-order valence-corrected chi connectivity index (χ4v) is 4.21. The number of aromatic nitrogens is 1. The highest BCUT2D eigenvalue weighted by Gasteiger charge is 2.44. The lowest BCUT2D eigenvalue weighted by atomic mass is 10.0. The normalized spacial score (nSPS) is 20.9. The van der Waals surface area contributed by atoms with Crippen LogP contribution in [0.5, 0.6) is 0 Å². The Kier molecular flexibility index (Phi) is 5.78. The van der Waals surface area contributed by atoms with Gasteiger partial charge in [0.05, 0.1) is 13.2 Å².